The predicted octanol–water partition coefficient (Wildman–Crippen LogP) is 1.23. The average molecular weight is 396 g/mol. The lowest BCUT2D eigenvalue weighted by atomic mass is 9.91. The number of nitrogens with zero attached hydrogens (tertiary/aromatic N) is 3. The van der Waals surface area contributed by atoms with Gasteiger partial charge in [-0.05, 0) is 28.8 Å². The molecule has 3 N–H and O–H groups in total. The number of hydrogen-bond acceptors (Lipinski definition) is 5. The Balaban J connectivity index is 2.38. The molecule has 1 aliphatic carbocycles. The Bertz CT molecular complexity index is 616. The molecule has 0 atom stereocenters. The molecule has 1 aliphatic rings. The summed E-state index contributed by atoms with van der Waals surface area (Å²) in [6, 6.07) is 0. The van der Waals surface area contributed by atoms with Crippen molar-refractivity contribution in [3.63, 3.8) is 0 Å². The summed E-state index contributed by atoms with van der Waals surface area (Å²) in [7, 11) is -2.30. The number of hydrogen-bond donors (Lipinski definition) is 2. The molecule has 21 heavy (non-hydrogen) atoms. The van der Waals surface area contributed by atoms with Crippen LogP contribution < -0.4 is 10.5 Å². The van der Waals surface area contributed by atoms with E-state index < -0.39 is 15.6 Å². The zero-order valence-electron chi connectivity index (χ0n) is 11.7. The van der Waals surface area contributed by atoms with E-state index in [9.17, 15) is 8.42 Å². The van der Waals surface area contributed by atoms with Crippen LogP contribution >= 0.6 is 28.1 Å². The van der Waals surface area contributed by atoms with Crippen LogP contribution in [-0.4, -0.2) is 33.9 Å². The van der Waals surface area contributed by atoms with Gasteiger partial charge in [-0.3, -0.25) is 0 Å². The highest BCUT2D eigenvalue weighted by molar-refractivity contribution is 9.10. The molecule has 0 bridgehead atoms. The zero-order chi connectivity index (χ0) is 15.7. The number of aryl methyl sites for hydroxylation is 1. The third-order valence-electron chi connectivity index (χ3n) is 3.75. The number of rotatable bonds is 4. The van der Waals surface area contributed by atoms with Crippen molar-refractivity contribution in [2.75, 3.05) is 0 Å². The van der Waals surface area contributed by atoms with Gasteiger partial charge in [0.15, 0.2) is 4.60 Å². The van der Waals surface area contributed by atoms with Crippen molar-refractivity contribution in [1.29, 1.82) is 0 Å². The summed E-state index contributed by atoms with van der Waals surface area (Å²) in [6.45, 7) is 0. The van der Waals surface area contributed by atoms with Gasteiger partial charge in [-0.25, -0.2) is 13.1 Å². The van der Waals surface area contributed by atoms with E-state index in [-0.39, 0.29) is 14.6 Å². The minimum atomic E-state index is -3.82. The summed E-state index contributed by atoms with van der Waals surface area (Å²) in [5, 5.41) is 7.38. The topological polar surface area (TPSA) is 103 Å². The van der Waals surface area contributed by atoms with Gasteiger partial charge in [-0.1, -0.05) is 43.1 Å². The SMILES string of the molecule is Cn1nnc(Br)c1S(=O)(=O)NC1(C(N)=S)CCCCCC1. The second-order valence-electron chi connectivity index (χ2n) is 5.28. The first kappa shape index (κ1) is 16.8. The molecule has 1 heterocycles. The number of nitrogens with one attached hydrogen (secondary N) is 1. The Morgan fingerprint density at radius 2 is 1.95 bits per heavy atom. The van der Waals surface area contributed by atoms with Crippen molar-refractivity contribution in [3.05, 3.63) is 4.60 Å². The molecule has 0 amide bonds. The smallest absolute Gasteiger partial charge is 0.261 e. The highest BCUT2D eigenvalue weighted by atomic mass is 79.9. The van der Waals surface area contributed by atoms with Crippen LogP contribution in [0, 0.1) is 0 Å². The van der Waals surface area contributed by atoms with Gasteiger partial charge in [0.2, 0.25) is 5.03 Å². The van der Waals surface area contributed by atoms with Crippen LogP contribution in [-0.2, 0) is 17.1 Å². The number of sulfonamides is 1. The molecule has 10 heteroatoms. The van der Waals surface area contributed by atoms with Crippen LogP contribution in [0.2, 0.25) is 0 Å². The number of halogens is 1. The van der Waals surface area contributed by atoms with Crippen LogP contribution in [0.15, 0.2) is 9.63 Å². The molecule has 0 saturated heterocycles. The first-order chi connectivity index (χ1) is 9.78. The van der Waals surface area contributed by atoms with Gasteiger partial charge < -0.3 is 5.73 Å². The molecule has 0 spiro atoms. The third kappa shape index (κ3) is 3.43. The third-order valence-corrected chi connectivity index (χ3v) is 6.56. The van der Waals surface area contributed by atoms with Crippen molar-refractivity contribution in [2.24, 2.45) is 12.8 Å². The maximum absolute atomic E-state index is 12.7. The van der Waals surface area contributed by atoms with Gasteiger partial charge >= 0.3 is 0 Å². The highest BCUT2D eigenvalue weighted by Gasteiger charge is 2.40. The average Bonchev–Trinajstić information content (AvgIpc) is 2.61. The van der Waals surface area contributed by atoms with Gasteiger partial charge in [-0.15, -0.1) is 5.10 Å². The van der Waals surface area contributed by atoms with Crippen LogP contribution in [0.25, 0.3) is 0 Å². The lowest BCUT2D eigenvalue weighted by Gasteiger charge is -2.32. The molecule has 1 fully saturated rings. The van der Waals surface area contributed by atoms with Gasteiger partial charge in [0.25, 0.3) is 10.0 Å². The monoisotopic (exact) mass is 395 g/mol. The number of aromatic nitrogens is 3. The largest absolute Gasteiger partial charge is 0.392 e. The molecule has 0 aliphatic heterocycles. The van der Waals surface area contributed by atoms with E-state index in [2.05, 4.69) is 31.0 Å². The lowest BCUT2D eigenvalue weighted by molar-refractivity contribution is 0.437. The summed E-state index contributed by atoms with van der Waals surface area (Å²) < 4.78 is 29.4. The second-order valence-corrected chi connectivity index (χ2v) is 8.06. The van der Waals surface area contributed by atoms with Crippen LogP contribution in [0.5, 0.6) is 0 Å². The highest BCUT2D eigenvalue weighted by Crippen LogP contribution is 2.30. The van der Waals surface area contributed by atoms with E-state index in [0.717, 1.165) is 25.7 Å². The van der Waals surface area contributed by atoms with Crippen LogP contribution in [0.1, 0.15) is 38.5 Å². The van der Waals surface area contributed by atoms with Gasteiger partial charge in [0.05, 0.1) is 10.5 Å². The second kappa shape index (κ2) is 6.27. The Kier molecular flexibility index (Phi) is 5.01. The van der Waals surface area contributed by atoms with Crippen LogP contribution in [0.4, 0.5) is 0 Å². The van der Waals surface area contributed by atoms with E-state index in [1.54, 1.807) is 0 Å². The van der Waals surface area contributed by atoms with Crippen LogP contribution in [0.3, 0.4) is 0 Å². The molecule has 1 aromatic heterocycles. The molecule has 1 saturated carbocycles. The van der Waals surface area contributed by atoms with Gasteiger partial charge in [-0.2, -0.15) is 4.72 Å². The first-order valence-electron chi connectivity index (χ1n) is 6.67. The van der Waals surface area contributed by atoms with E-state index >= 15 is 0 Å². The first-order valence-corrected chi connectivity index (χ1v) is 9.36. The fraction of sp³-hybridized carbons (Fsp3) is 0.727. The summed E-state index contributed by atoms with van der Waals surface area (Å²) >= 11 is 8.26. The minimum Gasteiger partial charge on any atom is -0.392 e. The number of thiocarbonyl (C=S) groups is 1. The van der Waals surface area contributed by atoms with Crippen molar-refractivity contribution in [1.82, 2.24) is 19.7 Å². The van der Waals surface area contributed by atoms with Crippen molar-refractivity contribution >= 4 is 43.2 Å². The molecular weight excluding hydrogens is 378 g/mol. The Hall–Kier alpha value is -0.580. The van der Waals surface area contributed by atoms with E-state index in [1.807, 2.05) is 0 Å². The summed E-state index contributed by atoms with van der Waals surface area (Å²) in [5.41, 5.74) is 5.00. The summed E-state index contributed by atoms with van der Waals surface area (Å²) in [5.74, 6) is 0. The molecule has 7 nitrogen and oxygen atoms in total. The van der Waals surface area contributed by atoms with Crippen molar-refractivity contribution in [3.8, 4) is 0 Å². The number of nitrogens with two attached hydrogens (primary N) is 1. The minimum absolute atomic E-state index is 0.0256. The van der Waals surface area contributed by atoms with E-state index in [0.29, 0.717) is 12.8 Å². The molecule has 0 aromatic carbocycles. The standard InChI is InChI=1S/C11H18BrN5O2S2/c1-17-9(8(12)14-16-17)21(18,19)15-11(10(13)20)6-4-2-3-5-7-11/h15H,2-7H2,1H3,(H2,13,20). The Labute approximate surface area is 137 Å². The fourth-order valence-electron chi connectivity index (χ4n) is 2.64. The quantitative estimate of drug-likeness (QED) is 0.586. The van der Waals surface area contributed by atoms with E-state index in [1.165, 1.54) is 11.7 Å². The van der Waals surface area contributed by atoms with Gasteiger partial charge in [0, 0.05) is 7.05 Å². The fourth-order valence-corrected chi connectivity index (χ4v) is 5.50. The molecule has 118 valence electrons. The van der Waals surface area contributed by atoms with Crippen molar-refractivity contribution in [2.45, 2.75) is 49.1 Å². The molecule has 0 unspecified atom stereocenters. The normalized spacial score (nSPS) is 19.1. The van der Waals surface area contributed by atoms with Crippen molar-refractivity contribution < 1.29 is 8.42 Å². The van der Waals surface area contributed by atoms with E-state index in [4.69, 9.17) is 18.0 Å². The summed E-state index contributed by atoms with van der Waals surface area (Å²) in [4.78, 5) is 0.194. The molecule has 2 rings (SSSR count). The Morgan fingerprint density at radius 1 is 1.38 bits per heavy atom. The molecule has 0 radical (unpaired) electrons. The lowest BCUT2D eigenvalue weighted by Crippen LogP contribution is -2.56. The van der Waals surface area contributed by atoms with Gasteiger partial charge in [0.1, 0.15) is 0 Å². The predicted molar refractivity (Wildman–Crippen MR) is 86.2 cm³/mol. The Morgan fingerprint density at radius 3 is 2.38 bits per heavy atom. The maximum Gasteiger partial charge on any atom is 0.261 e. The maximum atomic E-state index is 12.7. The molecular formula is C11H18BrN5O2S2. The summed E-state index contributed by atoms with van der Waals surface area (Å²) in [6.07, 6.45) is 5.14. The molecule has 1 aromatic rings. The zero-order valence-corrected chi connectivity index (χ0v) is 14.9.